The molecule has 1 unspecified atom stereocenters. The second kappa shape index (κ2) is 8.71. The van der Waals surface area contributed by atoms with Crippen LogP contribution in [-0.4, -0.2) is 63.9 Å². The number of amides is 1. The summed E-state index contributed by atoms with van der Waals surface area (Å²) in [5.74, 6) is 1.44. The van der Waals surface area contributed by atoms with E-state index in [4.69, 9.17) is 4.74 Å². The highest BCUT2D eigenvalue weighted by molar-refractivity contribution is 5.79. The Morgan fingerprint density at radius 1 is 1.32 bits per heavy atom. The summed E-state index contributed by atoms with van der Waals surface area (Å²) in [6.07, 6.45) is 6.68. The van der Waals surface area contributed by atoms with Crippen molar-refractivity contribution in [3.63, 3.8) is 0 Å². The van der Waals surface area contributed by atoms with E-state index in [0.29, 0.717) is 25.0 Å². The van der Waals surface area contributed by atoms with Gasteiger partial charge < -0.3 is 15.0 Å². The number of hydrogen-bond donors (Lipinski definition) is 1. The van der Waals surface area contributed by atoms with Gasteiger partial charge in [-0.25, -0.2) is 4.68 Å². The molecule has 1 aromatic heterocycles. The maximum Gasteiger partial charge on any atom is 0.227 e. The van der Waals surface area contributed by atoms with Crippen LogP contribution >= 0.6 is 0 Å². The molecule has 25 heavy (non-hydrogen) atoms. The van der Waals surface area contributed by atoms with Crippen LogP contribution in [0.4, 0.5) is 0 Å². The minimum absolute atomic E-state index is 0.00399. The fraction of sp³-hybridized carbons (Fsp3) is 0.882. The van der Waals surface area contributed by atoms with E-state index >= 15 is 0 Å². The lowest BCUT2D eigenvalue weighted by Crippen LogP contribution is -2.46. The van der Waals surface area contributed by atoms with E-state index in [2.05, 4.69) is 20.8 Å². The second-order valence-corrected chi connectivity index (χ2v) is 7.29. The molecule has 0 radical (unpaired) electrons. The smallest absolute Gasteiger partial charge is 0.227 e. The molecule has 0 aromatic carbocycles. The zero-order valence-corrected chi connectivity index (χ0v) is 15.4. The fourth-order valence-electron chi connectivity index (χ4n) is 4.04. The van der Waals surface area contributed by atoms with E-state index in [9.17, 15) is 4.79 Å². The average molecular weight is 350 g/mol. The summed E-state index contributed by atoms with van der Waals surface area (Å²) >= 11 is 0. The van der Waals surface area contributed by atoms with Gasteiger partial charge in [0.1, 0.15) is 0 Å². The third-order valence-electron chi connectivity index (χ3n) is 5.73. The third-order valence-corrected chi connectivity index (χ3v) is 5.73. The highest BCUT2D eigenvalue weighted by atomic mass is 16.5. The molecule has 1 aliphatic carbocycles. The maximum atomic E-state index is 13.2. The Bertz CT molecular complexity index is 551. The van der Waals surface area contributed by atoms with Gasteiger partial charge in [-0.2, -0.15) is 0 Å². The lowest BCUT2D eigenvalue weighted by molar-refractivity contribution is -0.139. The molecule has 8 nitrogen and oxygen atoms in total. The van der Waals surface area contributed by atoms with E-state index in [1.165, 1.54) is 12.8 Å². The summed E-state index contributed by atoms with van der Waals surface area (Å²) in [5, 5.41) is 14.9. The fourth-order valence-corrected chi connectivity index (χ4v) is 4.04. The lowest BCUT2D eigenvalue weighted by Gasteiger charge is -2.34. The number of aryl methyl sites for hydroxylation is 1. The number of carbonyl (C=O) groups excluding carboxylic acids is 1. The molecule has 140 valence electrons. The first-order valence-corrected chi connectivity index (χ1v) is 9.43. The Morgan fingerprint density at radius 2 is 2.04 bits per heavy atom. The van der Waals surface area contributed by atoms with E-state index < -0.39 is 0 Å². The molecule has 0 spiro atoms. The van der Waals surface area contributed by atoms with Crippen molar-refractivity contribution in [3.05, 3.63) is 5.82 Å². The second-order valence-electron chi connectivity index (χ2n) is 7.29. The van der Waals surface area contributed by atoms with Crippen LogP contribution in [0.5, 0.6) is 0 Å². The van der Waals surface area contributed by atoms with Crippen molar-refractivity contribution in [1.29, 1.82) is 0 Å². The largest absolute Gasteiger partial charge is 0.381 e. The normalized spacial score (nSPS) is 20.7. The molecule has 1 aromatic rings. The minimum atomic E-state index is -0.00399. The third kappa shape index (κ3) is 4.55. The number of rotatable bonds is 7. The summed E-state index contributed by atoms with van der Waals surface area (Å²) in [7, 11) is 3.81. The van der Waals surface area contributed by atoms with Crippen molar-refractivity contribution < 1.29 is 9.53 Å². The number of aromatic nitrogens is 4. The van der Waals surface area contributed by atoms with Crippen LogP contribution in [0, 0.1) is 11.8 Å². The van der Waals surface area contributed by atoms with Crippen LogP contribution in [0.2, 0.25) is 0 Å². The topological polar surface area (TPSA) is 85.2 Å². The van der Waals surface area contributed by atoms with Crippen molar-refractivity contribution in [3.8, 4) is 0 Å². The molecule has 1 aliphatic heterocycles. The van der Waals surface area contributed by atoms with E-state index in [1.807, 2.05) is 19.0 Å². The van der Waals surface area contributed by atoms with Crippen LogP contribution in [0.15, 0.2) is 0 Å². The van der Waals surface area contributed by atoms with Gasteiger partial charge in [-0.1, -0.05) is 12.8 Å². The molecule has 0 bridgehead atoms. The molecule has 1 N–H and O–H groups in total. The molecule has 1 amide bonds. The average Bonchev–Trinajstić information content (AvgIpc) is 3.30. The van der Waals surface area contributed by atoms with Crippen molar-refractivity contribution in [2.75, 3.05) is 26.8 Å². The predicted octanol–water partition coefficient (Wildman–Crippen LogP) is 0.744. The molecule has 1 saturated heterocycles. The van der Waals surface area contributed by atoms with Crippen LogP contribution in [0.1, 0.15) is 44.3 Å². The molecular formula is C17H30N6O2. The molecule has 8 heteroatoms. The van der Waals surface area contributed by atoms with Gasteiger partial charge in [0.05, 0.1) is 12.5 Å². The van der Waals surface area contributed by atoms with Gasteiger partial charge in [-0.15, -0.1) is 5.10 Å². The van der Waals surface area contributed by atoms with Crippen molar-refractivity contribution in [2.45, 2.75) is 51.1 Å². The van der Waals surface area contributed by atoms with Crippen LogP contribution < -0.4 is 5.32 Å². The number of carbonyl (C=O) groups is 1. The van der Waals surface area contributed by atoms with Crippen LogP contribution in [0.25, 0.3) is 0 Å². The Kier molecular flexibility index (Phi) is 6.36. The molecule has 3 rings (SSSR count). The number of hydrogen-bond acceptors (Lipinski definition) is 6. The predicted molar refractivity (Wildman–Crippen MR) is 92.6 cm³/mol. The van der Waals surface area contributed by atoms with Crippen LogP contribution in [0.3, 0.4) is 0 Å². The van der Waals surface area contributed by atoms with Gasteiger partial charge in [-0.05, 0) is 42.0 Å². The van der Waals surface area contributed by atoms with Crippen LogP contribution in [-0.2, 0) is 23.1 Å². The number of tetrazole rings is 1. The van der Waals surface area contributed by atoms with Crippen molar-refractivity contribution >= 4 is 5.91 Å². The summed E-state index contributed by atoms with van der Waals surface area (Å²) in [4.78, 5) is 15.2. The zero-order valence-electron chi connectivity index (χ0n) is 15.4. The van der Waals surface area contributed by atoms with E-state index in [1.54, 1.807) is 4.68 Å². The van der Waals surface area contributed by atoms with Gasteiger partial charge in [0.25, 0.3) is 0 Å². The maximum absolute atomic E-state index is 13.2. The van der Waals surface area contributed by atoms with Crippen molar-refractivity contribution in [2.24, 2.45) is 18.9 Å². The first-order valence-electron chi connectivity index (χ1n) is 9.43. The van der Waals surface area contributed by atoms with Gasteiger partial charge in [0.2, 0.25) is 5.91 Å². The first-order chi connectivity index (χ1) is 12.2. The molecule has 2 fully saturated rings. The van der Waals surface area contributed by atoms with Gasteiger partial charge >= 0.3 is 0 Å². The summed E-state index contributed by atoms with van der Waals surface area (Å²) in [5.41, 5.74) is 0. The number of nitrogens with zero attached hydrogens (tertiary/aromatic N) is 5. The minimum Gasteiger partial charge on any atom is -0.381 e. The molecule has 2 aliphatic rings. The highest BCUT2D eigenvalue weighted by Crippen LogP contribution is 2.28. The summed E-state index contributed by atoms with van der Waals surface area (Å²) in [6, 6.07) is 0.415. The Morgan fingerprint density at radius 3 is 2.68 bits per heavy atom. The molecule has 1 saturated carbocycles. The SMILES string of the molecule is CN(C(=O)C(CNCc1nnnn1C)C1CCOCC1)C1CCCC1. The quantitative estimate of drug-likeness (QED) is 0.781. The monoisotopic (exact) mass is 350 g/mol. The standard InChI is InChI=1S/C17H30N6O2/c1-22(14-5-3-4-6-14)17(24)15(13-7-9-25-10-8-13)11-18-12-16-19-20-21-23(16)2/h13-15,18H,3-12H2,1-2H3. The van der Waals surface area contributed by atoms with Gasteiger partial charge in [0.15, 0.2) is 5.82 Å². The number of ether oxygens (including phenoxy) is 1. The molecular weight excluding hydrogens is 320 g/mol. The molecule has 2 heterocycles. The van der Waals surface area contributed by atoms with E-state index in [-0.39, 0.29) is 11.8 Å². The highest BCUT2D eigenvalue weighted by Gasteiger charge is 2.34. The Hall–Kier alpha value is -1.54. The Balaban J connectivity index is 1.61. The van der Waals surface area contributed by atoms with E-state index in [0.717, 1.165) is 44.7 Å². The Labute approximate surface area is 149 Å². The zero-order chi connectivity index (χ0) is 17.6. The van der Waals surface area contributed by atoms with Gasteiger partial charge in [-0.3, -0.25) is 4.79 Å². The molecule has 1 atom stereocenters. The van der Waals surface area contributed by atoms with Crippen molar-refractivity contribution in [1.82, 2.24) is 30.4 Å². The first kappa shape index (κ1) is 18.3. The summed E-state index contributed by atoms with van der Waals surface area (Å²) < 4.78 is 7.15. The van der Waals surface area contributed by atoms with Gasteiger partial charge in [0, 0.05) is 39.9 Å². The lowest BCUT2D eigenvalue weighted by atomic mass is 9.84. The summed E-state index contributed by atoms with van der Waals surface area (Å²) in [6.45, 7) is 2.75. The number of nitrogens with one attached hydrogen (secondary N) is 1.